The molecular formula is C23H36O4. The highest BCUT2D eigenvalue weighted by atomic mass is 16.5. The Bertz CT molecular complexity index is 636. The quantitative estimate of drug-likeness (QED) is 0.533. The molecule has 4 heteroatoms. The van der Waals surface area contributed by atoms with Gasteiger partial charge < -0.3 is 14.9 Å². The number of esters is 1. The molecule has 7 atom stereocenters. The minimum Gasteiger partial charge on any atom is -0.458 e. The number of allylic oxidation sites excluding steroid dienone is 1. The molecule has 1 fully saturated rings. The van der Waals surface area contributed by atoms with E-state index in [0.717, 1.165) is 56.1 Å². The van der Waals surface area contributed by atoms with Crippen LogP contribution in [-0.2, 0) is 9.53 Å². The van der Waals surface area contributed by atoms with Crippen LogP contribution in [0.5, 0.6) is 0 Å². The van der Waals surface area contributed by atoms with Crippen molar-refractivity contribution in [1.82, 2.24) is 0 Å². The van der Waals surface area contributed by atoms with Crippen molar-refractivity contribution < 1.29 is 19.7 Å². The van der Waals surface area contributed by atoms with Crippen LogP contribution >= 0.6 is 0 Å². The lowest BCUT2D eigenvalue weighted by Gasteiger charge is -2.47. The van der Waals surface area contributed by atoms with Crippen molar-refractivity contribution in [3.8, 4) is 0 Å². The summed E-state index contributed by atoms with van der Waals surface area (Å²) in [7, 11) is 0. The van der Waals surface area contributed by atoms with E-state index < -0.39 is 12.2 Å². The summed E-state index contributed by atoms with van der Waals surface area (Å²) in [5, 5.41) is 21.9. The van der Waals surface area contributed by atoms with Crippen molar-refractivity contribution >= 4 is 5.97 Å². The number of aliphatic hydroxyl groups excluding tert-OH is 2. The second kappa shape index (κ2) is 7.71. The number of aliphatic hydroxyl groups is 2. The van der Waals surface area contributed by atoms with Crippen LogP contribution in [0.4, 0.5) is 0 Å². The minimum absolute atomic E-state index is 0.160. The van der Waals surface area contributed by atoms with Crippen LogP contribution in [-0.4, -0.2) is 34.5 Å². The maximum atomic E-state index is 11.7. The molecule has 152 valence electrons. The molecule has 0 aliphatic heterocycles. The van der Waals surface area contributed by atoms with E-state index in [4.69, 9.17) is 4.74 Å². The molecule has 3 aliphatic rings. The van der Waals surface area contributed by atoms with Gasteiger partial charge in [0.1, 0.15) is 12.2 Å². The topological polar surface area (TPSA) is 66.8 Å². The van der Waals surface area contributed by atoms with Gasteiger partial charge in [-0.05, 0) is 74.3 Å². The molecule has 3 rings (SSSR count). The number of rotatable bonds is 1. The van der Waals surface area contributed by atoms with Crippen molar-refractivity contribution in [2.45, 2.75) is 91.0 Å². The number of hydrogen-bond donors (Lipinski definition) is 2. The van der Waals surface area contributed by atoms with E-state index in [1.54, 1.807) is 0 Å². The van der Waals surface area contributed by atoms with Gasteiger partial charge in [-0.15, -0.1) is 0 Å². The highest BCUT2D eigenvalue weighted by Crippen LogP contribution is 2.59. The number of ether oxygens (including phenoxy) is 1. The minimum atomic E-state index is -0.763. The molecule has 2 N–H and O–H groups in total. The van der Waals surface area contributed by atoms with Crippen molar-refractivity contribution in [3.63, 3.8) is 0 Å². The van der Waals surface area contributed by atoms with Crippen molar-refractivity contribution in [3.05, 3.63) is 23.3 Å². The first-order chi connectivity index (χ1) is 12.7. The zero-order chi connectivity index (χ0) is 19.9. The first kappa shape index (κ1) is 20.6. The average Bonchev–Trinajstić information content (AvgIpc) is 2.97. The van der Waals surface area contributed by atoms with E-state index in [0.29, 0.717) is 5.92 Å². The van der Waals surface area contributed by atoms with Gasteiger partial charge in [-0.25, -0.2) is 0 Å². The molecule has 1 unspecified atom stereocenters. The van der Waals surface area contributed by atoms with Gasteiger partial charge in [-0.1, -0.05) is 32.4 Å². The molecule has 0 saturated heterocycles. The smallest absolute Gasteiger partial charge is 0.303 e. The van der Waals surface area contributed by atoms with Crippen LogP contribution < -0.4 is 0 Å². The van der Waals surface area contributed by atoms with Crippen LogP contribution in [0.3, 0.4) is 0 Å². The lowest BCUT2D eigenvalue weighted by Crippen LogP contribution is -2.50. The van der Waals surface area contributed by atoms with E-state index in [1.165, 1.54) is 12.5 Å². The summed E-state index contributed by atoms with van der Waals surface area (Å²) in [5.41, 5.74) is 2.91. The van der Waals surface area contributed by atoms with Gasteiger partial charge in [0.25, 0.3) is 0 Å². The molecule has 0 radical (unpaired) electrons. The second-order valence-corrected chi connectivity index (χ2v) is 9.47. The predicted molar refractivity (Wildman–Crippen MR) is 106 cm³/mol. The summed E-state index contributed by atoms with van der Waals surface area (Å²) in [4.78, 5) is 11.7. The monoisotopic (exact) mass is 376 g/mol. The van der Waals surface area contributed by atoms with Gasteiger partial charge in [0.2, 0.25) is 0 Å². The van der Waals surface area contributed by atoms with Crippen LogP contribution in [0.1, 0.15) is 72.6 Å². The van der Waals surface area contributed by atoms with Crippen molar-refractivity contribution in [1.29, 1.82) is 0 Å². The van der Waals surface area contributed by atoms with Gasteiger partial charge in [-0.2, -0.15) is 0 Å². The van der Waals surface area contributed by atoms with Crippen LogP contribution in [0.25, 0.3) is 0 Å². The third kappa shape index (κ3) is 3.63. The largest absolute Gasteiger partial charge is 0.458 e. The molecule has 27 heavy (non-hydrogen) atoms. The fraction of sp³-hybridized carbons (Fsp3) is 0.783. The number of hydrogen-bond acceptors (Lipinski definition) is 4. The van der Waals surface area contributed by atoms with E-state index in [2.05, 4.69) is 27.4 Å². The fourth-order valence-electron chi connectivity index (χ4n) is 6.09. The van der Waals surface area contributed by atoms with E-state index in [1.807, 2.05) is 0 Å². The van der Waals surface area contributed by atoms with E-state index in [-0.39, 0.29) is 29.3 Å². The van der Waals surface area contributed by atoms with Crippen LogP contribution in [0, 0.1) is 23.2 Å². The molecule has 0 spiro atoms. The SMILES string of the molecule is C=C1C(OC(C)=O)CC[C@H](C)CCCC2=C(C)[C@@H]3[C@H]1CC[C@]3(C)[C@@H](O)[C@@H]2O. The molecule has 1 saturated carbocycles. The second-order valence-electron chi connectivity index (χ2n) is 9.47. The fourth-order valence-corrected chi connectivity index (χ4v) is 6.09. The Kier molecular flexibility index (Phi) is 5.88. The molecule has 0 amide bonds. The Morgan fingerprint density at radius 1 is 1.22 bits per heavy atom. The maximum Gasteiger partial charge on any atom is 0.303 e. The Morgan fingerprint density at radius 3 is 2.59 bits per heavy atom. The summed E-state index contributed by atoms with van der Waals surface area (Å²) < 4.78 is 5.69. The molecule has 3 aliphatic carbocycles. The van der Waals surface area contributed by atoms with Crippen LogP contribution in [0.15, 0.2) is 23.3 Å². The summed E-state index contributed by atoms with van der Waals surface area (Å²) in [6.07, 6.45) is 4.79. The van der Waals surface area contributed by atoms with Gasteiger partial charge in [0, 0.05) is 12.3 Å². The van der Waals surface area contributed by atoms with Gasteiger partial charge in [-0.3, -0.25) is 4.79 Å². The van der Waals surface area contributed by atoms with Crippen molar-refractivity contribution in [2.24, 2.45) is 23.2 Å². The molecule has 0 aromatic rings. The molecule has 2 bridgehead atoms. The van der Waals surface area contributed by atoms with Crippen LogP contribution in [0.2, 0.25) is 0 Å². The predicted octanol–water partition coefficient (Wildman–Crippen LogP) is 4.16. The third-order valence-electron chi connectivity index (χ3n) is 7.67. The lowest BCUT2D eigenvalue weighted by atomic mass is 9.61. The highest BCUT2D eigenvalue weighted by Gasteiger charge is 2.56. The maximum absolute atomic E-state index is 11.7. The molecule has 0 heterocycles. The van der Waals surface area contributed by atoms with Gasteiger partial charge in [0.05, 0.1) is 6.10 Å². The number of carbonyl (C=O) groups is 1. The summed E-state index contributed by atoms with van der Waals surface area (Å²) in [5.74, 6) is 0.625. The Hall–Kier alpha value is -1.13. The molecule has 0 aromatic carbocycles. The van der Waals surface area contributed by atoms with E-state index >= 15 is 0 Å². The lowest BCUT2D eigenvalue weighted by molar-refractivity contribution is -0.145. The molecule has 0 aromatic heterocycles. The summed E-state index contributed by atoms with van der Waals surface area (Å²) in [6.45, 7) is 12.3. The molecular weight excluding hydrogens is 340 g/mol. The molecule has 4 nitrogen and oxygen atoms in total. The Morgan fingerprint density at radius 2 is 1.93 bits per heavy atom. The zero-order valence-corrected chi connectivity index (χ0v) is 17.3. The zero-order valence-electron chi connectivity index (χ0n) is 17.3. The Labute approximate surface area is 163 Å². The highest BCUT2D eigenvalue weighted by molar-refractivity contribution is 5.66. The first-order valence-electron chi connectivity index (χ1n) is 10.6. The summed E-state index contributed by atoms with van der Waals surface area (Å²) in [6, 6.07) is 0. The number of carbonyl (C=O) groups excluding carboxylic acids is 1. The Balaban J connectivity index is 2.03. The van der Waals surface area contributed by atoms with E-state index in [9.17, 15) is 15.0 Å². The van der Waals surface area contributed by atoms with Crippen molar-refractivity contribution in [2.75, 3.05) is 0 Å². The van der Waals surface area contributed by atoms with Gasteiger partial charge in [0.15, 0.2) is 0 Å². The summed E-state index contributed by atoms with van der Waals surface area (Å²) >= 11 is 0. The van der Waals surface area contributed by atoms with Gasteiger partial charge >= 0.3 is 5.97 Å². The standard InChI is InChI=1S/C23H36O4/c1-13-7-6-8-18-15(3)20-17(11-12-23(20,5)22(26)21(18)25)14(2)19(10-9-13)27-16(4)24/h13,17,19-22,25-26H,2,6-12H2,1,3-5H3/t13-,17+,19?,20-,21-,22+,23+/m1/s1. The third-order valence-corrected chi connectivity index (χ3v) is 7.67. The average molecular weight is 377 g/mol. The first-order valence-corrected chi connectivity index (χ1v) is 10.6. The normalized spacial score (nSPS) is 43.1.